The molecule has 1 amide bonds. The Morgan fingerprint density at radius 1 is 1.29 bits per heavy atom. The van der Waals surface area contributed by atoms with Gasteiger partial charge in [-0.15, -0.1) is 0 Å². The zero-order valence-electron chi connectivity index (χ0n) is 17.3. The number of hydrogen-bond acceptors (Lipinski definition) is 4. The van der Waals surface area contributed by atoms with Gasteiger partial charge in [0.15, 0.2) is 5.65 Å². The van der Waals surface area contributed by atoms with Crippen molar-refractivity contribution in [2.45, 2.75) is 59.7 Å². The molecule has 1 aliphatic carbocycles. The zero-order chi connectivity index (χ0) is 20.1. The van der Waals surface area contributed by atoms with E-state index in [0.29, 0.717) is 19.7 Å². The molecule has 0 fully saturated rings. The molecule has 0 spiro atoms. The van der Waals surface area contributed by atoms with Crippen molar-refractivity contribution in [2.24, 2.45) is 5.92 Å². The minimum atomic E-state index is -0.612. The molecule has 148 valence electrons. The lowest BCUT2D eigenvalue weighted by atomic mass is 9.84. The Balaban J connectivity index is 1.64. The van der Waals surface area contributed by atoms with E-state index in [1.165, 1.54) is 5.56 Å². The third-order valence-corrected chi connectivity index (χ3v) is 6.04. The van der Waals surface area contributed by atoms with Crippen molar-refractivity contribution in [3.63, 3.8) is 0 Å². The molecule has 2 aromatic heterocycles. The van der Waals surface area contributed by atoms with E-state index >= 15 is 0 Å². The van der Waals surface area contributed by atoms with Gasteiger partial charge in [-0.2, -0.15) is 5.10 Å². The monoisotopic (exact) mass is 380 g/mol. The van der Waals surface area contributed by atoms with Crippen LogP contribution in [0.5, 0.6) is 0 Å². The molecule has 0 saturated carbocycles. The molecule has 4 rings (SSSR count). The van der Waals surface area contributed by atoms with Gasteiger partial charge in [0.05, 0.1) is 30.3 Å². The van der Waals surface area contributed by atoms with E-state index < -0.39 is 5.60 Å². The quantitative estimate of drug-likeness (QED) is 0.817. The number of aryl methyl sites for hydroxylation is 2. The number of ether oxygens (including phenoxy) is 1. The maximum Gasteiger partial charge on any atom is 0.233 e. The Kier molecular flexibility index (Phi) is 4.62. The van der Waals surface area contributed by atoms with E-state index in [4.69, 9.17) is 14.8 Å². The predicted octanol–water partition coefficient (Wildman–Crippen LogP) is 3.29. The summed E-state index contributed by atoms with van der Waals surface area (Å²) < 4.78 is 7.88. The number of nitrogens with zero attached hydrogens (tertiary/aromatic N) is 4. The van der Waals surface area contributed by atoms with E-state index in [2.05, 4.69) is 20.8 Å². The molecular weight excluding hydrogens is 352 g/mol. The summed E-state index contributed by atoms with van der Waals surface area (Å²) in [5.74, 6) is -0.255. The summed E-state index contributed by atoms with van der Waals surface area (Å²) in [4.78, 5) is 20.0. The predicted molar refractivity (Wildman–Crippen MR) is 108 cm³/mol. The Labute approximate surface area is 165 Å². The molecule has 2 aliphatic rings. The molecule has 28 heavy (non-hydrogen) atoms. The molecule has 2 unspecified atom stereocenters. The third-order valence-electron chi connectivity index (χ3n) is 6.04. The average Bonchev–Trinajstić information content (AvgIpc) is 3.21. The van der Waals surface area contributed by atoms with Crippen molar-refractivity contribution in [2.75, 3.05) is 6.61 Å². The van der Waals surface area contributed by atoms with Crippen LogP contribution in [0.2, 0.25) is 0 Å². The van der Waals surface area contributed by atoms with Gasteiger partial charge in [0.25, 0.3) is 0 Å². The van der Waals surface area contributed by atoms with Crippen molar-refractivity contribution < 1.29 is 9.53 Å². The average molecular weight is 380 g/mol. The molecule has 2 atom stereocenters. The molecule has 6 heteroatoms. The number of rotatable bonds is 4. The second-order valence-corrected chi connectivity index (χ2v) is 7.81. The second-order valence-electron chi connectivity index (χ2n) is 7.81. The SMILES string of the molecule is CCOC1(C)C=CC=CC1C(=O)N1Cc2nn3c(C)c(CC)c(C)nc3c2C1. The van der Waals surface area contributed by atoms with Crippen LogP contribution in [0.25, 0.3) is 5.65 Å². The van der Waals surface area contributed by atoms with Gasteiger partial charge in [-0.25, -0.2) is 9.50 Å². The highest BCUT2D eigenvalue weighted by Gasteiger charge is 2.41. The summed E-state index contributed by atoms with van der Waals surface area (Å²) in [5, 5.41) is 4.79. The van der Waals surface area contributed by atoms with Gasteiger partial charge >= 0.3 is 0 Å². The van der Waals surface area contributed by atoms with Crippen LogP contribution in [0.15, 0.2) is 24.3 Å². The molecule has 0 N–H and O–H groups in total. The third kappa shape index (κ3) is 2.78. The first-order valence-corrected chi connectivity index (χ1v) is 10.0. The summed E-state index contributed by atoms with van der Waals surface area (Å²) in [5.41, 5.74) is 5.71. The van der Waals surface area contributed by atoms with E-state index in [1.807, 2.05) is 47.6 Å². The van der Waals surface area contributed by atoms with Gasteiger partial charge in [0.2, 0.25) is 5.91 Å². The molecule has 0 bridgehead atoms. The number of carbonyl (C=O) groups excluding carboxylic acids is 1. The fourth-order valence-electron chi connectivity index (χ4n) is 4.52. The van der Waals surface area contributed by atoms with Crippen LogP contribution in [0.4, 0.5) is 0 Å². The number of hydrogen-bond donors (Lipinski definition) is 0. The van der Waals surface area contributed by atoms with E-state index in [-0.39, 0.29) is 11.8 Å². The minimum absolute atomic E-state index is 0.0753. The van der Waals surface area contributed by atoms with Gasteiger partial charge in [0.1, 0.15) is 0 Å². The molecule has 3 heterocycles. The maximum atomic E-state index is 13.3. The highest BCUT2D eigenvalue weighted by Crippen LogP contribution is 2.34. The van der Waals surface area contributed by atoms with E-state index in [9.17, 15) is 4.79 Å². The molecule has 2 aromatic rings. The molecule has 6 nitrogen and oxygen atoms in total. The molecule has 1 aliphatic heterocycles. The van der Waals surface area contributed by atoms with Crippen LogP contribution in [-0.2, 0) is 29.0 Å². The minimum Gasteiger partial charge on any atom is -0.370 e. The van der Waals surface area contributed by atoms with Crippen LogP contribution < -0.4 is 0 Å². The summed E-state index contributed by atoms with van der Waals surface area (Å²) in [6.45, 7) is 11.9. The summed E-state index contributed by atoms with van der Waals surface area (Å²) in [6.07, 6.45) is 8.74. The van der Waals surface area contributed by atoms with Crippen molar-refractivity contribution in [1.29, 1.82) is 0 Å². The van der Waals surface area contributed by atoms with Gasteiger partial charge in [-0.3, -0.25) is 4.79 Å². The summed E-state index contributed by atoms with van der Waals surface area (Å²) in [7, 11) is 0. The maximum absolute atomic E-state index is 13.3. The van der Waals surface area contributed by atoms with Crippen LogP contribution in [0, 0.1) is 19.8 Å². The van der Waals surface area contributed by atoms with Crippen molar-refractivity contribution in [3.05, 3.63) is 52.5 Å². The molecule has 0 radical (unpaired) electrons. The summed E-state index contributed by atoms with van der Waals surface area (Å²) in [6, 6.07) is 0. The molecule has 0 saturated heterocycles. The highest BCUT2D eigenvalue weighted by molar-refractivity contribution is 5.83. The fraction of sp³-hybridized carbons (Fsp3) is 0.500. The van der Waals surface area contributed by atoms with Gasteiger partial charge in [0, 0.05) is 23.6 Å². The van der Waals surface area contributed by atoms with Crippen LogP contribution in [0.3, 0.4) is 0 Å². The number of carbonyl (C=O) groups is 1. The zero-order valence-corrected chi connectivity index (χ0v) is 17.3. The van der Waals surface area contributed by atoms with Crippen molar-refractivity contribution in [1.82, 2.24) is 19.5 Å². The standard InChI is InChI=1S/C22H28N4O2/c1-6-16-14(3)23-20-17-12-25(13-19(17)24-26(20)15(16)4)21(27)18-10-8-9-11-22(18,5)28-7-2/h8-11,18H,6-7,12-13H2,1-5H3. The second kappa shape index (κ2) is 6.85. The first kappa shape index (κ1) is 18.9. The van der Waals surface area contributed by atoms with Crippen LogP contribution in [-0.4, -0.2) is 37.6 Å². The number of fused-ring (bicyclic) bond motifs is 3. The Morgan fingerprint density at radius 3 is 2.79 bits per heavy atom. The lowest BCUT2D eigenvalue weighted by molar-refractivity contribution is -0.142. The Hall–Kier alpha value is -2.47. The van der Waals surface area contributed by atoms with Crippen molar-refractivity contribution in [3.8, 4) is 0 Å². The highest BCUT2D eigenvalue weighted by atomic mass is 16.5. The van der Waals surface area contributed by atoms with E-state index in [1.54, 1.807) is 0 Å². The Bertz CT molecular complexity index is 1000. The first-order valence-electron chi connectivity index (χ1n) is 10.0. The number of allylic oxidation sites excluding steroid dienone is 2. The fourth-order valence-corrected chi connectivity index (χ4v) is 4.52. The van der Waals surface area contributed by atoms with Gasteiger partial charge < -0.3 is 9.64 Å². The number of aromatic nitrogens is 3. The number of amides is 1. The molecule has 0 aromatic carbocycles. The lowest BCUT2D eigenvalue weighted by Gasteiger charge is -2.36. The lowest BCUT2D eigenvalue weighted by Crippen LogP contribution is -2.46. The van der Waals surface area contributed by atoms with Gasteiger partial charge in [-0.1, -0.05) is 31.2 Å². The van der Waals surface area contributed by atoms with Crippen LogP contribution in [0.1, 0.15) is 49.0 Å². The first-order chi connectivity index (χ1) is 13.4. The smallest absolute Gasteiger partial charge is 0.233 e. The topological polar surface area (TPSA) is 59.7 Å². The largest absolute Gasteiger partial charge is 0.370 e. The summed E-state index contributed by atoms with van der Waals surface area (Å²) >= 11 is 0. The van der Waals surface area contributed by atoms with Crippen molar-refractivity contribution >= 4 is 11.6 Å². The normalized spacial score (nSPS) is 23.6. The van der Waals surface area contributed by atoms with Crippen LogP contribution >= 0.6 is 0 Å². The molecular formula is C22H28N4O2. The Morgan fingerprint density at radius 2 is 2.07 bits per heavy atom. The van der Waals surface area contributed by atoms with E-state index in [0.717, 1.165) is 34.7 Å². The van der Waals surface area contributed by atoms with Gasteiger partial charge in [-0.05, 0) is 39.7 Å².